The number of fused-ring (bicyclic) bond motifs is 1. The predicted molar refractivity (Wildman–Crippen MR) is 79.3 cm³/mol. The lowest BCUT2D eigenvalue weighted by Crippen LogP contribution is -2.32. The van der Waals surface area contributed by atoms with Crippen LogP contribution in [0.4, 0.5) is 0 Å². The SMILES string of the molecule is OC1(Cc2cccc3ccccc23)CCCNCC1. The van der Waals surface area contributed by atoms with E-state index in [0.29, 0.717) is 0 Å². The minimum absolute atomic E-state index is 0.548. The van der Waals surface area contributed by atoms with Gasteiger partial charge in [-0.25, -0.2) is 0 Å². The third-order valence-electron chi connectivity index (χ3n) is 4.16. The number of aliphatic hydroxyl groups is 1. The second-order valence-corrected chi connectivity index (χ2v) is 5.64. The number of hydrogen-bond donors (Lipinski definition) is 2. The Bertz CT molecular complexity index is 551. The molecule has 0 saturated carbocycles. The molecule has 1 aliphatic rings. The second-order valence-electron chi connectivity index (χ2n) is 5.64. The van der Waals surface area contributed by atoms with Crippen LogP contribution in [0.15, 0.2) is 42.5 Å². The Morgan fingerprint density at radius 1 is 1.00 bits per heavy atom. The van der Waals surface area contributed by atoms with Crippen LogP contribution in [0.1, 0.15) is 24.8 Å². The third-order valence-corrected chi connectivity index (χ3v) is 4.16. The maximum atomic E-state index is 10.8. The van der Waals surface area contributed by atoms with Crippen LogP contribution in [-0.4, -0.2) is 23.8 Å². The van der Waals surface area contributed by atoms with Gasteiger partial charge in [-0.2, -0.15) is 0 Å². The highest BCUT2D eigenvalue weighted by atomic mass is 16.3. The molecule has 0 radical (unpaired) electrons. The first kappa shape index (κ1) is 12.6. The van der Waals surface area contributed by atoms with E-state index in [2.05, 4.69) is 47.8 Å². The van der Waals surface area contributed by atoms with Crippen molar-refractivity contribution in [1.82, 2.24) is 5.32 Å². The predicted octanol–water partition coefficient (Wildman–Crippen LogP) is 2.89. The highest BCUT2D eigenvalue weighted by Crippen LogP contribution is 2.28. The molecule has 19 heavy (non-hydrogen) atoms. The van der Waals surface area contributed by atoms with Crippen LogP contribution in [0.5, 0.6) is 0 Å². The Hall–Kier alpha value is -1.38. The summed E-state index contributed by atoms with van der Waals surface area (Å²) >= 11 is 0. The van der Waals surface area contributed by atoms with E-state index >= 15 is 0 Å². The van der Waals surface area contributed by atoms with Crippen molar-refractivity contribution in [1.29, 1.82) is 0 Å². The van der Waals surface area contributed by atoms with E-state index < -0.39 is 5.60 Å². The Labute approximate surface area is 114 Å². The van der Waals surface area contributed by atoms with E-state index in [9.17, 15) is 5.11 Å². The molecule has 1 heterocycles. The van der Waals surface area contributed by atoms with E-state index in [4.69, 9.17) is 0 Å². The third kappa shape index (κ3) is 2.80. The maximum absolute atomic E-state index is 10.8. The van der Waals surface area contributed by atoms with Gasteiger partial charge in [0.25, 0.3) is 0 Å². The second kappa shape index (κ2) is 5.32. The average molecular weight is 255 g/mol. The highest BCUT2D eigenvalue weighted by Gasteiger charge is 2.28. The van der Waals surface area contributed by atoms with Crippen molar-refractivity contribution in [3.63, 3.8) is 0 Å². The van der Waals surface area contributed by atoms with Crippen molar-refractivity contribution in [2.45, 2.75) is 31.3 Å². The van der Waals surface area contributed by atoms with Gasteiger partial charge < -0.3 is 10.4 Å². The molecule has 2 N–H and O–H groups in total. The molecule has 2 heteroatoms. The number of nitrogens with one attached hydrogen (secondary N) is 1. The molecule has 100 valence electrons. The van der Waals surface area contributed by atoms with E-state index in [1.54, 1.807) is 0 Å². The van der Waals surface area contributed by atoms with Gasteiger partial charge in [0.2, 0.25) is 0 Å². The van der Waals surface area contributed by atoms with Gasteiger partial charge in [0.05, 0.1) is 5.60 Å². The van der Waals surface area contributed by atoms with Crippen molar-refractivity contribution >= 4 is 10.8 Å². The quantitative estimate of drug-likeness (QED) is 0.865. The lowest BCUT2D eigenvalue weighted by atomic mass is 9.86. The van der Waals surface area contributed by atoms with Crippen LogP contribution >= 0.6 is 0 Å². The average Bonchev–Trinajstić information content (AvgIpc) is 2.64. The molecule has 0 aromatic heterocycles. The zero-order chi connectivity index (χ0) is 13.1. The Morgan fingerprint density at radius 3 is 2.79 bits per heavy atom. The zero-order valence-corrected chi connectivity index (χ0v) is 11.2. The summed E-state index contributed by atoms with van der Waals surface area (Å²) in [6, 6.07) is 14.8. The molecule has 1 unspecified atom stereocenters. The fourth-order valence-corrected chi connectivity index (χ4v) is 3.09. The zero-order valence-electron chi connectivity index (χ0n) is 11.2. The first-order valence-electron chi connectivity index (χ1n) is 7.17. The van der Waals surface area contributed by atoms with E-state index in [1.807, 2.05) is 0 Å². The molecule has 2 aromatic carbocycles. The molecule has 1 aliphatic heterocycles. The first-order chi connectivity index (χ1) is 9.27. The van der Waals surface area contributed by atoms with Crippen LogP contribution < -0.4 is 5.32 Å². The standard InChI is InChI=1S/C17H21NO/c19-17(9-4-11-18-12-10-17)13-15-7-3-6-14-5-1-2-8-16(14)15/h1-3,5-8,18-19H,4,9-13H2. The molecule has 0 bridgehead atoms. The summed E-state index contributed by atoms with van der Waals surface area (Å²) in [7, 11) is 0. The summed E-state index contributed by atoms with van der Waals surface area (Å²) < 4.78 is 0. The van der Waals surface area contributed by atoms with Gasteiger partial charge in [-0.1, -0.05) is 42.5 Å². The summed E-state index contributed by atoms with van der Waals surface area (Å²) in [5.74, 6) is 0. The van der Waals surface area contributed by atoms with Crippen molar-refractivity contribution < 1.29 is 5.11 Å². The van der Waals surface area contributed by atoms with Crippen molar-refractivity contribution in [2.75, 3.05) is 13.1 Å². The molecular formula is C17H21NO. The smallest absolute Gasteiger partial charge is 0.0700 e. The van der Waals surface area contributed by atoms with Gasteiger partial charge in [0, 0.05) is 6.42 Å². The lowest BCUT2D eigenvalue weighted by molar-refractivity contribution is 0.0288. The number of hydrogen-bond acceptors (Lipinski definition) is 2. The van der Waals surface area contributed by atoms with Crippen LogP contribution in [0, 0.1) is 0 Å². The molecule has 1 fully saturated rings. The van der Waals surface area contributed by atoms with Gasteiger partial charge in [-0.05, 0) is 48.7 Å². The molecule has 3 rings (SSSR count). The van der Waals surface area contributed by atoms with Crippen LogP contribution in [0.2, 0.25) is 0 Å². The van der Waals surface area contributed by atoms with E-state index in [1.165, 1.54) is 16.3 Å². The highest BCUT2D eigenvalue weighted by molar-refractivity contribution is 5.85. The Morgan fingerprint density at radius 2 is 1.84 bits per heavy atom. The summed E-state index contributed by atoms with van der Waals surface area (Å²) in [5.41, 5.74) is 0.718. The van der Waals surface area contributed by atoms with Gasteiger partial charge in [-0.15, -0.1) is 0 Å². The van der Waals surface area contributed by atoms with Crippen molar-refractivity contribution in [3.05, 3.63) is 48.0 Å². The van der Waals surface area contributed by atoms with Crippen molar-refractivity contribution in [3.8, 4) is 0 Å². The molecule has 2 aromatic rings. The molecule has 1 saturated heterocycles. The molecule has 0 amide bonds. The lowest BCUT2D eigenvalue weighted by Gasteiger charge is -2.27. The van der Waals surface area contributed by atoms with Gasteiger partial charge >= 0.3 is 0 Å². The summed E-state index contributed by atoms with van der Waals surface area (Å²) in [6.07, 6.45) is 3.55. The van der Waals surface area contributed by atoms with Crippen molar-refractivity contribution in [2.24, 2.45) is 0 Å². The summed E-state index contributed by atoms with van der Waals surface area (Å²) in [5, 5.41) is 16.7. The van der Waals surface area contributed by atoms with Crippen LogP contribution in [-0.2, 0) is 6.42 Å². The van der Waals surface area contributed by atoms with Gasteiger partial charge in [0.15, 0.2) is 0 Å². The first-order valence-corrected chi connectivity index (χ1v) is 7.17. The molecule has 2 nitrogen and oxygen atoms in total. The number of rotatable bonds is 2. The Balaban J connectivity index is 1.92. The largest absolute Gasteiger partial charge is 0.389 e. The molecule has 0 spiro atoms. The molecular weight excluding hydrogens is 234 g/mol. The maximum Gasteiger partial charge on any atom is 0.0700 e. The van der Waals surface area contributed by atoms with E-state index in [-0.39, 0.29) is 0 Å². The number of benzene rings is 2. The van der Waals surface area contributed by atoms with Crippen LogP contribution in [0.3, 0.4) is 0 Å². The fourth-order valence-electron chi connectivity index (χ4n) is 3.09. The minimum atomic E-state index is -0.548. The molecule has 1 atom stereocenters. The van der Waals surface area contributed by atoms with Gasteiger partial charge in [-0.3, -0.25) is 0 Å². The molecule has 0 aliphatic carbocycles. The topological polar surface area (TPSA) is 32.3 Å². The minimum Gasteiger partial charge on any atom is -0.389 e. The fraction of sp³-hybridized carbons (Fsp3) is 0.412. The monoisotopic (exact) mass is 255 g/mol. The van der Waals surface area contributed by atoms with Crippen LogP contribution in [0.25, 0.3) is 10.8 Å². The van der Waals surface area contributed by atoms with E-state index in [0.717, 1.165) is 38.8 Å². The van der Waals surface area contributed by atoms with Gasteiger partial charge in [0.1, 0.15) is 0 Å². The summed E-state index contributed by atoms with van der Waals surface area (Å²) in [4.78, 5) is 0. The summed E-state index contributed by atoms with van der Waals surface area (Å²) in [6.45, 7) is 1.94. The normalized spacial score (nSPS) is 24.3. The Kier molecular flexibility index (Phi) is 3.54.